The molecule has 0 bridgehead atoms. The van der Waals surface area contributed by atoms with E-state index in [0.29, 0.717) is 5.75 Å². The van der Waals surface area contributed by atoms with Crippen LogP contribution in [-0.4, -0.2) is 12.0 Å². The van der Waals surface area contributed by atoms with Crippen LogP contribution in [0.5, 0.6) is 5.75 Å². The molecule has 2 aromatic carbocycles. The van der Waals surface area contributed by atoms with Crippen molar-refractivity contribution in [3.63, 3.8) is 0 Å². The smallest absolute Gasteiger partial charge is 0.261 e. The summed E-state index contributed by atoms with van der Waals surface area (Å²) in [4.78, 5) is 12.4. The maximum absolute atomic E-state index is 12.9. The van der Waals surface area contributed by atoms with Gasteiger partial charge in [0, 0.05) is 0 Å². The molecule has 1 amide bonds. The number of hydrogen-bond donors (Lipinski definition) is 1. The highest BCUT2D eigenvalue weighted by atomic mass is 19.1. The van der Waals surface area contributed by atoms with Crippen molar-refractivity contribution >= 4 is 5.91 Å². The molecule has 2 aromatic rings. The Morgan fingerprint density at radius 3 is 2.74 bits per heavy atom. The number of amides is 1. The number of nitrogens with one attached hydrogen (secondary N) is 1. The van der Waals surface area contributed by atoms with Crippen molar-refractivity contribution in [1.82, 2.24) is 5.32 Å². The average Bonchev–Trinajstić information content (AvgIpc) is 2.57. The normalized spacial score (nSPS) is 17.9. The van der Waals surface area contributed by atoms with Crippen molar-refractivity contribution in [2.24, 2.45) is 0 Å². The predicted octanol–water partition coefficient (Wildman–Crippen LogP) is 3.79. The maximum atomic E-state index is 12.9. The number of ether oxygens (including phenoxy) is 1. The molecule has 0 aliphatic heterocycles. The summed E-state index contributed by atoms with van der Waals surface area (Å²) < 4.78 is 18.5. The van der Waals surface area contributed by atoms with Crippen molar-refractivity contribution < 1.29 is 13.9 Å². The predicted molar refractivity (Wildman–Crippen MR) is 86.8 cm³/mol. The van der Waals surface area contributed by atoms with Gasteiger partial charge in [0.1, 0.15) is 11.6 Å². The largest absolute Gasteiger partial charge is 0.481 e. The van der Waals surface area contributed by atoms with E-state index in [-0.39, 0.29) is 17.8 Å². The Labute approximate surface area is 135 Å². The first-order valence-electron chi connectivity index (χ1n) is 7.94. The van der Waals surface area contributed by atoms with E-state index >= 15 is 0 Å². The van der Waals surface area contributed by atoms with Crippen molar-refractivity contribution in [1.29, 1.82) is 0 Å². The molecular formula is C19H20FNO2. The SMILES string of the molecule is CC(Oc1ccc(F)cc1)C(=O)NC1CCCc2ccccc21. The first-order chi connectivity index (χ1) is 11.1. The molecule has 0 aromatic heterocycles. The summed E-state index contributed by atoms with van der Waals surface area (Å²) in [5.74, 6) is 0.00221. The zero-order valence-corrected chi connectivity index (χ0v) is 13.1. The van der Waals surface area contributed by atoms with Gasteiger partial charge in [-0.05, 0) is 61.6 Å². The third-order valence-corrected chi connectivity index (χ3v) is 4.18. The molecule has 0 saturated heterocycles. The van der Waals surface area contributed by atoms with Gasteiger partial charge >= 0.3 is 0 Å². The Kier molecular flexibility index (Phi) is 4.60. The summed E-state index contributed by atoms with van der Waals surface area (Å²) >= 11 is 0. The standard InChI is InChI=1S/C19H20FNO2/c1-13(23-16-11-9-15(20)10-12-16)19(22)21-18-8-4-6-14-5-2-3-7-17(14)18/h2-3,5,7,9-13,18H,4,6,8H2,1H3,(H,21,22). The van der Waals surface area contributed by atoms with Crippen LogP contribution in [0.2, 0.25) is 0 Å². The van der Waals surface area contributed by atoms with Crippen molar-refractivity contribution in [3.8, 4) is 5.75 Å². The van der Waals surface area contributed by atoms with Gasteiger partial charge in [-0.25, -0.2) is 4.39 Å². The number of carbonyl (C=O) groups is 1. The summed E-state index contributed by atoms with van der Waals surface area (Å²) in [5.41, 5.74) is 2.50. The second kappa shape index (κ2) is 6.82. The van der Waals surface area contributed by atoms with Crippen LogP contribution in [0.25, 0.3) is 0 Å². The molecule has 2 atom stereocenters. The van der Waals surface area contributed by atoms with E-state index < -0.39 is 6.10 Å². The van der Waals surface area contributed by atoms with Gasteiger partial charge in [0.05, 0.1) is 6.04 Å². The minimum atomic E-state index is -0.630. The Morgan fingerprint density at radius 1 is 1.22 bits per heavy atom. The third kappa shape index (κ3) is 3.70. The fraction of sp³-hybridized carbons (Fsp3) is 0.316. The minimum Gasteiger partial charge on any atom is -0.481 e. The van der Waals surface area contributed by atoms with E-state index in [0.717, 1.165) is 19.3 Å². The Bertz CT molecular complexity index is 684. The molecule has 0 spiro atoms. The summed E-state index contributed by atoms with van der Waals surface area (Å²) in [6, 6.07) is 13.9. The number of rotatable bonds is 4. The third-order valence-electron chi connectivity index (χ3n) is 4.18. The van der Waals surface area contributed by atoms with Gasteiger partial charge in [0.2, 0.25) is 0 Å². The highest BCUT2D eigenvalue weighted by Gasteiger charge is 2.24. The van der Waals surface area contributed by atoms with Gasteiger partial charge in [0.15, 0.2) is 6.10 Å². The quantitative estimate of drug-likeness (QED) is 0.932. The second-order valence-corrected chi connectivity index (χ2v) is 5.87. The first-order valence-corrected chi connectivity index (χ1v) is 7.94. The lowest BCUT2D eigenvalue weighted by molar-refractivity contribution is -0.128. The number of hydrogen-bond acceptors (Lipinski definition) is 2. The molecule has 0 radical (unpaired) electrons. The van der Waals surface area contributed by atoms with Gasteiger partial charge in [0.25, 0.3) is 5.91 Å². The number of benzene rings is 2. The molecule has 3 nitrogen and oxygen atoms in total. The molecule has 1 aliphatic carbocycles. The number of carbonyl (C=O) groups excluding carboxylic acids is 1. The highest BCUT2D eigenvalue weighted by molar-refractivity contribution is 5.81. The maximum Gasteiger partial charge on any atom is 0.261 e. The lowest BCUT2D eigenvalue weighted by Crippen LogP contribution is -2.39. The van der Waals surface area contributed by atoms with Crippen LogP contribution in [0.1, 0.15) is 36.9 Å². The highest BCUT2D eigenvalue weighted by Crippen LogP contribution is 2.29. The van der Waals surface area contributed by atoms with Crippen LogP contribution in [0.3, 0.4) is 0 Å². The van der Waals surface area contributed by atoms with Crippen LogP contribution >= 0.6 is 0 Å². The molecule has 120 valence electrons. The number of aryl methyl sites for hydroxylation is 1. The molecule has 1 N–H and O–H groups in total. The molecule has 0 heterocycles. The van der Waals surface area contributed by atoms with E-state index in [4.69, 9.17) is 4.74 Å². The molecule has 0 fully saturated rings. The van der Waals surface area contributed by atoms with Crippen molar-refractivity contribution in [2.45, 2.75) is 38.3 Å². The van der Waals surface area contributed by atoms with Crippen LogP contribution in [-0.2, 0) is 11.2 Å². The van der Waals surface area contributed by atoms with E-state index in [1.165, 1.54) is 35.4 Å². The number of halogens is 1. The molecule has 2 unspecified atom stereocenters. The summed E-state index contributed by atoms with van der Waals surface area (Å²) in [5, 5.41) is 3.07. The summed E-state index contributed by atoms with van der Waals surface area (Å²) in [7, 11) is 0. The average molecular weight is 313 g/mol. The van der Waals surface area contributed by atoms with Crippen LogP contribution in [0.15, 0.2) is 48.5 Å². The van der Waals surface area contributed by atoms with Gasteiger partial charge in [-0.2, -0.15) is 0 Å². The topological polar surface area (TPSA) is 38.3 Å². The van der Waals surface area contributed by atoms with Crippen LogP contribution in [0.4, 0.5) is 4.39 Å². The van der Waals surface area contributed by atoms with E-state index in [2.05, 4.69) is 17.4 Å². The Balaban J connectivity index is 1.64. The zero-order valence-electron chi connectivity index (χ0n) is 13.1. The van der Waals surface area contributed by atoms with Crippen molar-refractivity contribution in [2.75, 3.05) is 0 Å². The fourth-order valence-corrected chi connectivity index (χ4v) is 2.96. The van der Waals surface area contributed by atoms with Crippen LogP contribution < -0.4 is 10.1 Å². The van der Waals surface area contributed by atoms with E-state index in [1.54, 1.807) is 6.92 Å². The van der Waals surface area contributed by atoms with E-state index in [9.17, 15) is 9.18 Å². The molecule has 1 aliphatic rings. The van der Waals surface area contributed by atoms with Gasteiger partial charge in [-0.3, -0.25) is 4.79 Å². The van der Waals surface area contributed by atoms with Crippen LogP contribution in [0, 0.1) is 5.82 Å². The van der Waals surface area contributed by atoms with E-state index in [1.807, 2.05) is 12.1 Å². The molecule has 4 heteroatoms. The van der Waals surface area contributed by atoms with Gasteiger partial charge in [-0.15, -0.1) is 0 Å². The fourth-order valence-electron chi connectivity index (χ4n) is 2.96. The first kappa shape index (κ1) is 15.5. The summed E-state index contributed by atoms with van der Waals surface area (Å²) in [6.07, 6.45) is 2.43. The van der Waals surface area contributed by atoms with Gasteiger partial charge in [-0.1, -0.05) is 24.3 Å². The molecular weight excluding hydrogens is 293 g/mol. The lowest BCUT2D eigenvalue weighted by atomic mass is 9.87. The van der Waals surface area contributed by atoms with Gasteiger partial charge < -0.3 is 10.1 Å². The summed E-state index contributed by atoms with van der Waals surface area (Å²) in [6.45, 7) is 1.70. The lowest BCUT2D eigenvalue weighted by Gasteiger charge is -2.27. The zero-order chi connectivity index (χ0) is 16.2. The minimum absolute atomic E-state index is 0.0340. The molecule has 23 heavy (non-hydrogen) atoms. The molecule has 0 saturated carbocycles. The number of fused-ring (bicyclic) bond motifs is 1. The Hall–Kier alpha value is -2.36. The van der Waals surface area contributed by atoms with Crippen molar-refractivity contribution in [3.05, 3.63) is 65.5 Å². The second-order valence-electron chi connectivity index (χ2n) is 5.87. The Morgan fingerprint density at radius 2 is 1.96 bits per heavy atom. The molecule has 3 rings (SSSR count). The monoisotopic (exact) mass is 313 g/mol.